The highest BCUT2D eigenvalue weighted by Gasteiger charge is 2.13. The summed E-state index contributed by atoms with van der Waals surface area (Å²) in [5, 5.41) is 22.2. The normalized spacial score (nSPS) is 11.5. The summed E-state index contributed by atoms with van der Waals surface area (Å²) in [4.78, 5) is 0. The quantitative estimate of drug-likeness (QED) is 0.758. The fraction of sp³-hybridized carbons (Fsp3) is 0.333. The second kappa shape index (κ2) is 5.51. The number of para-hydroxylation sites is 1. The van der Waals surface area contributed by atoms with Crippen LogP contribution in [0.5, 0.6) is 0 Å². The van der Waals surface area contributed by atoms with E-state index in [4.69, 9.17) is 26.2 Å². The van der Waals surface area contributed by atoms with Gasteiger partial charge in [0.05, 0.1) is 19.3 Å². The minimum atomic E-state index is -0.347. The van der Waals surface area contributed by atoms with Crippen molar-refractivity contribution in [2.75, 3.05) is 13.2 Å². The third kappa shape index (κ3) is 2.61. The van der Waals surface area contributed by atoms with Crippen molar-refractivity contribution in [1.29, 1.82) is 0 Å². The first-order valence-corrected chi connectivity index (χ1v) is 5.75. The van der Waals surface area contributed by atoms with Gasteiger partial charge in [0, 0.05) is 17.5 Å². The van der Waals surface area contributed by atoms with E-state index in [-0.39, 0.29) is 19.3 Å². The molecule has 2 rings (SSSR count). The molecule has 1 aromatic carbocycles. The first kappa shape index (κ1) is 12.4. The van der Waals surface area contributed by atoms with Gasteiger partial charge in [-0.2, -0.15) is 0 Å². The number of benzene rings is 1. The van der Waals surface area contributed by atoms with E-state index in [2.05, 4.69) is 5.32 Å². The average Bonchev–Trinajstić information content (AvgIpc) is 2.67. The van der Waals surface area contributed by atoms with Crippen LogP contribution in [-0.4, -0.2) is 29.5 Å². The van der Waals surface area contributed by atoms with E-state index in [1.54, 1.807) is 0 Å². The maximum atomic E-state index is 8.96. The molecule has 0 unspecified atom stereocenters. The van der Waals surface area contributed by atoms with Gasteiger partial charge >= 0.3 is 0 Å². The van der Waals surface area contributed by atoms with Crippen molar-refractivity contribution in [1.82, 2.24) is 5.32 Å². The summed E-state index contributed by atoms with van der Waals surface area (Å²) in [6, 6.07) is 7.21. The van der Waals surface area contributed by atoms with Crippen molar-refractivity contribution in [3.63, 3.8) is 0 Å². The molecule has 0 bridgehead atoms. The van der Waals surface area contributed by atoms with Gasteiger partial charge in [-0.1, -0.05) is 18.2 Å². The smallest absolute Gasteiger partial charge is 0.199 e. The molecule has 4 nitrogen and oxygen atoms in total. The van der Waals surface area contributed by atoms with Crippen LogP contribution in [0.25, 0.3) is 11.0 Å². The molecule has 2 aromatic rings. The molecule has 0 aliphatic heterocycles. The van der Waals surface area contributed by atoms with Crippen molar-refractivity contribution >= 4 is 22.6 Å². The average molecular weight is 256 g/mol. The predicted octanol–water partition coefficient (Wildman–Crippen LogP) is 1.53. The molecule has 1 aromatic heterocycles. The SMILES string of the molecule is OCC(CO)NCc1c(Cl)oc2ccccc12. The standard InChI is InChI=1S/C12H14ClNO3/c13-12-10(5-14-8(6-15)7-16)9-3-1-2-4-11(9)17-12/h1-4,8,14-16H,5-7H2. The van der Waals surface area contributed by atoms with E-state index in [9.17, 15) is 0 Å². The summed E-state index contributed by atoms with van der Waals surface area (Å²) in [6.45, 7) is 0.204. The molecular weight excluding hydrogens is 242 g/mol. The molecule has 92 valence electrons. The van der Waals surface area contributed by atoms with Gasteiger partial charge in [-0.25, -0.2) is 0 Å². The second-order valence-electron chi connectivity index (χ2n) is 3.79. The Hall–Kier alpha value is -1.07. The number of nitrogens with one attached hydrogen (secondary N) is 1. The van der Waals surface area contributed by atoms with Crippen LogP contribution in [0.3, 0.4) is 0 Å². The highest BCUT2D eigenvalue weighted by atomic mass is 35.5. The molecule has 0 amide bonds. The minimum absolute atomic E-state index is 0.121. The van der Waals surface area contributed by atoms with Crippen molar-refractivity contribution in [3.05, 3.63) is 35.0 Å². The summed E-state index contributed by atoms with van der Waals surface area (Å²) in [5.41, 5.74) is 1.58. The van der Waals surface area contributed by atoms with Crippen LogP contribution in [0.1, 0.15) is 5.56 Å². The summed E-state index contributed by atoms with van der Waals surface area (Å²) in [5.74, 6) is 0. The first-order valence-electron chi connectivity index (χ1n) is 5.37. The number of hydrogen-bond donors (Lipinski definition) is 3. The molecule has 1 heterocycles. The zero-order valence-corrected chi connectivity index (χ0v) is 9.94. The molecule has 3 N–H and O–H groups in total. The largest absolute Gasteiger partial charge is 0.444 e. The van der Waals surface area contributed by atoms with Gasteiger partial charge in [0.25, 0.3) is 0 Å². The van der Waals surface area contributed by atoms with Gasteiger partial charge in [0.1, 0.15) is 5.58 Å². The number of hydrogen-bond acceptors (Lipinski definition) is 4. The maximum Gasteiger partial charge on any atom is 0.199 e. The minimum Gasteiger partial charge on any atom is -0.444 e. The number of halogens is 1. The lowest BCUT2D eigenvalue weighted by Gasteiger charge is -2.12. The Balaban J connectivity index is 2.20. The van der Waals surface area contributed by atoms with Crippen LogP contribution in [0.2, 0.25) is 5.22 Å². The fourth-order valence-electron chi connectivity index (χ4n) is 1.67. The van der Waals surface area contributed by atoms with E-state index < -0.39 is 0 Å². The van der Waals surface area contributed by atoms with Gasteiger partial charge in [-0.15, -0.1) is 0 Å². The number of aliphatic hydroxyl groups excluding tert-OH is 2. The highest BCUT2D eigenvalue weighted by molar-refractivity contribution is 6.30. The third-order valence-electron chi connectivity index (χ3n) is 2.66. The zero-order valence-electron chi connectivity index (χ0n) is 9.19. The lowest BCUT2D eigenvalue weighted by Crippen LogP contribution is -2.35. The summed E-state index contributed by atoms with van der Waals surface area (Å²) < 4.78 is 5.40. The topological polar surface area (TPSA) is 65.6 Å². The maximum absolute atomic E-state index is 8.96. The van der Waals surface area contributed by atoms with E-state index in [1.807, 2.05) is 24.3 Å². The van der Waals surface area contributed by atoms with E-state index in [1.165, 1.54) is 0 Å². The van der Waals surface area contributed by atoms with Gasteiger partial charge in [-0.05, 0) is 17.7 Å². The molecule has 0 saturated heterocycles. The molecule has 0 fully saturated rings. The molecule has 0 aliphatic rings. The van der Waals surface area contributed by atoms with Crippen molar-refractivity contribution in [2.24, 2.45) is 0 Å². The third-order valence-corrected chi connectivity index (χ3v) is 2.96. The molecule has 0 saturated carbocycles. The van der Waals surface area contributed by atoms with Gasteiger partial charge < -0.3 is 19.9 Å². The van der Waals surface area contributed by atoms with Crippen molar-refractivity contribution < 1.29 is 14.6 Å². The number of furan rings is 1. The zero-order chi connectivity index (χ0) is 12.3. The van der Waals surface area contributed by atoms with Crippen molar-refractivity contribution in [3.8, 4) is 0 Å². The number of fused-ring (bicyclic) bond motifs is 1. The van der Waals surface area contributed by atoms with Gasteiger partial charge in [0.15, 0.2) is 5.22 Å². The van der Waals surface area contributed by atoms with E-state index in [0.717, 1.165) is 16.5 Å². The summed E-state index contributed by atoms with van der Waals surface area (Å²) in [6.07, 6.45) is 0. The summed E-state index contributed by atoms with van der Waals surface area (Å²) >= 11 is 6.01. The molecule has 0 radical (unpaired) electrons. The van der Waals surface area contributed by atoms with E-state index >= 15 is 0 Å². The van der Waals surface area contributed by atoms with Crippen LogP contribution in [0, 0.1) is 0 Å². The molecule has 0 atom stereocenters. The van der Waals surface area contributed by atoms with Crippen LogP contribution in [0.15, 0.2) is 28.7 Å². The number of aliphatic hydroxyl groups is 2. The fourth-order valence-corrected chi connectivity index (χ4v) is 1.92. The molecule has 0 aliphatic carbocycles. The number of rotatable bonds is 5. The van der Waals surface area contributed by atoms with Gasteiger partial charge in [0.2, 0.25) is 0 Å². The Morgan fingerprint density at radius 3 is 2.65 bits per heavy atom. The van der Waals surface area contributed by atoms with Crippen LogP contribution >= 0.6 is 11.6 Å². The Labute approximate surface area is 104 Å². The Morgan fingerprint density at radius 1 is 1.24 bits per heavy atom. The molecule has 0 spiro atoms. The van der Waals surface area contributed by atoms with Crippen LogP contribution in [0.4, 0.5) is 0 Å². The molecule has 5 heteroatoms. The monoisotopic (exact) mass is 255 g/mol. The van der Waals surface area contributed by atoms with Gasteiger partial charge in [-0.3, -0.25) is 0 Å². The second-order valence-corrected chi connectivity index (χ2v) is 4.14. The first-order chi connectivity index (χ1) is 8.26. The van der Waals surface area contributed by atoms with E-state index in [0.29, 0.717) is 11.8 Å². The predicted molar refractivity (Wildman–Crippen MR) is 66.0 cm³/mol. The molecule has 17 heavy (non-hydrogen) atoms. The highest BCUT2D eigenvalue weighted by Crippen LogP contribution is 2.29. The summed E-state index contributed by atoms with van der Waals surface area (Å²) in [7, 11) is 0. The van der Waals surface area contributed by atoms with Crippen LogP contribution in [-0.2, 0) is 6.54 Å². The van der Waals surface area contributed by atoms with Crippen molar-refractivity contribution in [2.45, 2.75) is 12.6 Å². The molecular formula is C12H14ClNO3. The Bertz CT molecular complexity index is 493. The Morgan fingerprint density at radius 2 is 1.94 bits per heavy atom. The lowest BCUT2D eigenvalue weighted by atomic mass is 10.1. The Kier molecular flexibility index (Phi) is 4.02. The van der Waals surface area contributed by atoms with Crippen LogP contribution < -0.4 is 5.32 Å². The lowest BCUT2D eigenvalue weighted by molar-refractivity contribution is 0.170.